The van der Waals surface area contributed by atoms with Crippen molar-refractivity contribution in [3.05, 3.63) is 63.6 Å². The Morgan fingerprint density at radius 3 is 2.76 bits per heavy atom. The van der Waals surface area contributed by atoms with E-state index in [9.17, 15) is 4.39 Å². The smallest absolute Gasteiger partial charge is 0.123 e. The quantitative estimate of drug-likeness (QED) is 0.923. The topological polar surface area (TPSA) is 38.9 Å². The van der Waals surface area contributed by atoms with Crippen molar-refractivity contribution in [1.82, 2.24) is 4.98 Å². The molecule has 1 atom stereocenters. The van der Waals surface area contributed by atoms with Gasteiger partial charge in [0.05, 0.1) is 6.04 Å². The first-order valence-corrected chi connectivity index (χ1v) is 5.99. The minimum absolute atomic E-state index is 0.292. The second kappa shape index (κ2) is 4.94. The van der Waals surface area contributed by atoms with Crippen LogP contribution < -0.4 is 5.73 Å². The molecule has 0 fully saturated rings. The fourth-order valence-electron chi connectivity index (χ4n) is 1.68. The van der Waals surface area contributed by atoms with Gasteiger partial charge in [-0.1, -0.05) is 22.0 Å². The summed E-state index contributed by atoms with van der Waals surface area (Å²) in [4.78, 5) is 4.09. The number of benzene rings is 1. The normalized spacial score (nSPS) is 12.5. The average molecular weight is 295 g/mol. The Morgan fingerprint density at radius 2 is 2.06 bits per heavy atom. The molecule has 0 spiro atoms. The van der Waals surface area contributed by atoms with Gasteiger partial charge in [-0.25, -0.2) is 4.39 Å². The Kier molecular flexibility index (Phi) is 3.54. The monoisotopic (exact) mass is 294 g/mol. The molecule has 1 aromatic carbocycles. The van der Waals surface area contributed by atoms with Crippen molar-refractivity contribution in [2.75, 3.05) is 0 Å². The minimum Gasteiger partial charge on any atom is -0.320 e. The van der Waals surface area contributed by atoms with Gasteiger partial charge in [-0.05, 0) is 41.8 Å². The molecule has 0 amide bonds. The highest BCUT2D eigenvalue weighted by Gasteiger charge is 2.13. The fourth-order valence-corrected chi connectivity index (χ4v) is 2.17. The average Bonchev–Trinajstić information content (AvgIpc) is 2.31. The molecular formula is C13H12BrFN2. The zero-order chi connectivity index (χ0) is 12.4. The van der Waals surface area contributed by atoms with E-state index in [1.54, 1.807) is 18.5 Å². The van der Waals surface area contributed by atoms with E-state index in [2.05, 4.69) is 20.9 Å². The zero-order valence-corrected chi connectivity index (χ0v) is 10.9. The summed E-state index contributed by atoms with van der Waals surface area (Å²) in [5.74, 6) is -0.292. The van der Waals surface area contributed by atoms with Gasteiger partial charge in [0.1, 0.15) is 5.82 Å². The Balaban J connectivity index is 2.43. The molecule has 17 heavy (non-hydrogen) atoms. The molecule has 2 rings (SSSR count). The van der Waals surface area contributed by atoms with Crippen molar-refractivity contribution in [1.29, 1.82) is 0 Å². The highest BCUT2D eigenvalue weighted by atomic mass is 79.9. The van der Waals surface area contributed by atoms with Crippen LogP contribution in [0.1, 0.15) is 22.7 Å². The molecule has 0 aliphatic heterocycles. The molecule has 1 heterocycles. The van der Waals surface area contributed by atoms with Gasteiger partial charge in [-0.3, -0.25) is 4.98 Å². The highest BCUT2D eigenvalue weighted by Crippen LogP contribution is 2.27. The van der Waals surface area contributed by atoms with Crippen molar-refractivity contribution < 1.29 is 4.39 Å². The van der Waals surface area contributed by atoms with Crippen molar-refractivity contribution in [3.8, 4) is 0 Å². The predicted molar refractivity (Wildman–Crippen MR) is 69.1 cm³/mol. The van der Waals surface area contributed by atoms with Crippen molar-refractivity contribution >= 4 is 15.9 Å². The van der Waals surface area contributed by atoms with Crippen LogP contribution in [0, 0.1) is 12.7 Å². The summed E-state index contributed by atoms with van der Waals surface area (Å²) in [6.45, 7) is 1.95. The Hall–Kier alpha value is -1.26. The molecule has 2 N–H and O–H groups in total. The number of hydrogen-bond acceptors (Lipinski definition) is 2. The summed E-state index contributed by atoms with van der Waals surface area (Å²) in [6.07, 6.45) is 3.46. The van der Waals surface area contributed by atoms with Gasteiger partial charge >= 0.3 is 0 Å². The largest absolute Gasteiger partial charge is 0.320 e. The molecule has 0 radical (unpaired) electrons. The number of aromatic nitrogens is 1. The summed E-state index contributed by atoms with van der Waals surface area (Å²) in [5.41, 5.74) is 8.74. The first kappa shape index (κ1) is 12.2. The van der Waals surface area contributed by atoms with Crippen molar-refractivity contribution in [2.45, 2.75) is 13.0 Å². The summed E-state index contributed by atoms with van der Waals surface area (Å²) in [7, 11) is 0. The van der Waals surface area contributed by atoms with Gasteiger partial charge in [0.15, 0.2) is 0 Å². The fraction of sp³-hybridized carbons (Fsp3) is 0.154. The van der Waals surface area contributed by atoms with E-state index >= 15 is 0 Å². The third kappa shape index (κ3) is 2.70. The Morgan fingerprint density at radius 1 is 1.29 bits per heavy atom. The third-order valence-corrected chi connectivity index (χ3v) is 3.27. The first-order valence-electron chi connectivity index (χ1n) is 5.20. The van der Waals surface area contributed by atoms with Crippen LogP contribution in [-0.4, -0.2) is 4.98 Å². The number of pyridine rings is 1. The lowest BCUT2D eigenvalue weighted by Crippen LogP contribution is -2.13. The van der Waals surface area contributed by atoms with Gasteiger partial charge < -0.3 is 5.73 Å². The van der Waals surface area contributed by atoms with E-state index in [1.807, 2.05) is 13.0 Å². The summed E-state index contributed by atoms with van der Waals surface area (Å²) >= 11 is 3.38. The lowest BCUT2D eigenvalue weighted by atomic mass is 10.0. The van der Waals surface area contributed by atoms with Crippen LogP contribution >= 0.6 is 15.9 Å². The molecule has 0 aliphatic rings. The molecule has 0 aliphatic carbocycles. The van der Waals surface area contributed by atoms with Crippen LogP contribution in [0.4, 0.5) is 4.39 Å². The van der Waals surface area contributed by atoms with Crippen LogP contribution in [0.25, 0.3) is 0 Å². The summed E-state index contributed by atoms with van der Waals surface area (Å²) in [6, 6.07) is 6.07. The van der Waals surface area contributed by atoms with E-state index in [1.165, 1.54) is 12.1 Å². The van der Waals surface area contributed by atoms with Crippen LogP contribution in [-0.2, 0) is 0 Å². The van der Waals surface area contributed by atoms with Crippen molar-refractivity contribution in [3.63, 3.8) is 0 Å². The predicted octanol–water partition coefficient (Wildman–Crippen LogP) is 3.34. The molecule has 1 aromatic heterocycles. The van der Waals surface area contributed by atoms with Gasteiger partial charge in [0, 0.05) is 16.9 Å². The van der Waals surface area contributed by atoms with E-state index in [0.717, 1.165) is 21.2 Å². The molecule has 0 saturated carbocycles. The number of hydrogen-bond donors (Lipinski definition) is 1. The molecule has 88 valence electrons. The molecule has 4 heteroatoms. The molecule has 0 saturated heterocycles. The lowest BCUT2D eigenvalue weighted by molar-refractivity contribution is 0.623. The number of aryl methyl sites for hydroxylation is 1. The van der Waals surface area contributed by atoms with Crippen molar-refractivity contribution in [2.24, 2.45) is 5.73 Å². The number of halogens is 2. The summed E-state index contributed by atoms with van der Waals surface area (Å²) in [5, 5.41) is 0. The number of nitrogens with zero attached hydrogens (tertiary/aromatic N) is 1. The highest BCUT2D eigenvalue weighted by molar-refractivity contribution is 9.10. The van der Waals surface area contributed by atoms with Crippen LogP contribution in [0.3, 0.4) is 0 Å². The number of rotatable bonds is 2. The van der Waals surface area contributed by atoms with E-state index in [4.69, 9.17) is 5.73 Å². The van der Waals surface area contributed by atoms with Gasteiger partial charge in [-0.15, -0.1) is 0 Å². The van der Waals surface area contributed by atoms with Crippen LogP contribution in [0.5, 0.6) is 0 Å². The summed E-state index contributed by atoms with van der Waals surface area (Å²) < 4.78 is 14.0. The van der Waals surface area contributed by atoms with Crippen LogP contribution in [0.2, 0.25) is 0 Å². The Labute approximate surface area is 108 Å². The maximum absolute atomic E-state index is 13.2. The van der Waals surface area contributed by atoms with E-state index < -0.39 is 0 Å². The maximum Gasteiger partial charge on any atom is 0.123 e. The molecular weight excluding hydrogens is 283 g/mol. The van der Waals surface area contributed by atoms with Crippen LogP contribution in [0.15, 0.2) is 41.1 Å². The molecule has 0 bridgehead atoms. The first-order chi connectivity index (χ1) is 8.08. The van der Waals surface area contributed by atoms with Gasteiger partial charge in [0.25, 0.3) is 0 Å². The standard InChI is InChI=1S/C13H12BrFN2/c1-8-4-9(7-17-6-8)13(16)11-5-10(15)2-3-12(11)14/h2-7,13H,16H2,1H3. The zero-order valence-electron chi connectivity index (χ0n) is 9.32. The second-order valence-electron chi connectivity index (χ2n) is 3.94. The Bertz CT molecular complexity index is 543. The third-order valence-electron chi connectivity index (χ3n) is 2.55. The maximum atomic E-state index is 13.2. The molecule has 2 aromatic rings. The number of nitrogens with two attached hydrogens (primary N) is 1. The lowest BCUT2D eigenvalue weighted by Gasteiger charge is -2.14. The molecule has 2 nitrogen and oxygen atoms in total. The SMILES string of the molecule is Cc1cncc(C(N)c2cc(F)ccc2Br)c1. The minimum atomic E-state index is -0.382. The van der Waals surface area contributed by atoms with Gasteiger partial charge in [-0.2, -0.15) is 0 Å². The van der Waals surface area contributed by atoms with E-state index in [-0.39, 0.29) is 11.9 Å². The van der Waals surface area contributed by atoms with Gasteiger partial charge in [0.2, 0.25) is 0 Å². The van der Waals surface area contributed by atoms with E-state index in [0.29, 0.717) is 0 Å². The second-order valence-corrected chi connectivity index (χ2v) is 4.79. The molecule has 1 unspecified atom stereocenters.